The van der Waals surface area contributed by atoms with Crippen LogP contribution in [0.1, 0.15) is 21.8 Å². The summed E-state index contributed by atoms with van der Waals surface area (Å²) in [6.07, 6.45) is -1.51. The number of carboxylic acid groups (broad SMARTS) is 1. The summed E-state index contributed by atoms with van der Waals surface area (Å²) < 4.78 is 9.33. The summed E-state index contributed by atoms with van der Waals surface area (Å²) in [5.41, 5.74) is 0.0628. The van der Waals surface area contributed by atoms with Gasteiger partial charge in [0, 0.05) is 25.6 Å². The van der Waals surface area contributed by atoms with Crippen molar-refractivity contribution in [2.24, 2.45) is 0 Å². The van der Waals surface area contributed by atoms with Crippen molar-refractivity contribution in [2.45, 2.75) is 6.42 Å². The minimum Gasteiger partial charge on any atom is -0.449 e. The Morgan fingerprint density at radius 3 is 2.78 bits per heavy atom. The van der Waals surface area contributed by atoms with Gasteiger partial charge in [0.25, 0.3) is 5.91 Å². The fraction of sp³-hybridized carbons (Fsp3) is 0.154. The minimum atomic E-state index is -1.65. The van der Waals surface area contributed by atoms with E-state index >= 15 is 0 Å². The molecule has 0 aliphatic heterocycles. The fourth-order valence-electron chi connectivity index (χ4n) is 1.83. The normalized spacial score (nSPS) is 10.1. The highest BCUT2D eigenvalue weighted by molar-refractivity contribution is 5.91. The molecule has 0 aliphatic rings. The van der Waals surface area contributed by atoms with Gasteiger partial charge in [-0.1, -0.05) is 11.2 Å². The lowest BCUT2D eigenvalue weighted by Gasteiger charge is -2.03. The van der Waals surface area contributed by atoms with Crippen molar-refractivity contribution in [3.63, 3.8) is 0 Å². The number of amides is 1. The first-order valence-electron chi connectivity index (χ1n) is 6.26. The molecule has 2 aromatic rings. The zero-order valence-corrected chi connectivity index (χ0v) is 11.8. The van der Waals surface area contributed by atoms with Crippen LogP contribution < -0.4 is 10.1 Å². The molecule has 0 radical (unpaired) electrons. The molecule has 0 fully saturated rings. The van der Waals surface area contributed by atoms with Crippen LogP contribution in [0.4, 0.5) is 10.5 Å². The lowest BCUT2D eigenvalue weighted by molar-refractivity contribution is -0.385. The summed E-state index contributed by atoms with van der Waals surface area (Å²) >= 11 is 0. The van der Waals surface area contributed by atoms with E-state index in [1.807, 2.05) is 0 Å². The van der Waals surface area contributed by atoms with Crippen LogP contribution in [-0.4, -0.2) is 34.3 Å². The van der Waals surface area contributed by atoms with E-state index in [4.69, 9.17) is 9.63 Å². The van der Waals surface area contributed by atoms with Crippen LogP contribution in [0.5, 0.6) is 5.75 Å². The third-order valence-electron chi connectivity index (χ3n) is 2.81. The van der Waals surface area contributed by atoms with Gasteiger partial charge in [-0.25, -0.2) is 4.79 Å². The highest BCUT2D eigenvalue weighted by Gasteiger charge is 2.19. The summed E-state index contributed by atoms with van der Waals surface area (Å²) in [5.74, 6) is -0.476. The maximum atomic E-state index is 11.4. The average Bonchev–Trinajstić information content (AvgIpc) is 2.95. The maximum Gasteiger partial charge on any atom is 0.511 e. The number of aromatic nitrogens is 1. The molecule has 0 unspecified atom stereocenters. The van der Waals surface area contributed by atoms with Crippen LogP contribution in [-0.2, 0) is 6.42 Å². The molecular formula is C13H11N3O7. The predicted octanol–water partition coefficient (Wildman–Crippen LogP) is 1.59. The number of carbonyl (C=O) groups is 2. The third kappa shape index (κ3) is 3.81. The lowest BCUT2D eigenvalue weighted by Crippen LogP contribution is -2.17. The zero-order chi connectivity index (χ0) is 17.0. The molecule has 120 valence electrons. The van der Waals surface area contributed by atoms with E-state index in [9.17, 15) is 19.7 Å². The van der Waals surface area contributed by atoms with Crippen molar-refractivity contribution in [3.05, 3.63) is 51.4 Å². The Morgan fingerprint density at radius 2 is 2.17 bits per heavy atom. The molecular weight excluding hydrogens is 310 g/mol. The first-order chi connectivity index (χ1) is 10.9. The number of nitrogens with one attached hydrogen (secondary N) is 1. The molecule has 0 aliphatic carbocycles. The van der Waals surface area contributed by atoms with E-state index in [0.29, 0.717) is 11.3 Å². The highest BCUT2D eigenvalue weighted by atomic mass is 16.7. The molecule has 10 heteroatoms. The number of hydrogen-bond acceptors (Lipinski definition) is 7. The zero-order valence-electron chi connectivity index (χ0n) is 11.8. The van der Waals surface area contributed by atoms with Gasteiger partial charge in [-0.2, -0.15) is 0 Å². The molecule has 1 amide bonds. The van der Waals surface area contributed by atoms with Gasteiger partial charge in [-0.15, -0.1) is 0 Å². The van der Waals surface area contributed by atoms with Crippen molar-refractivity contribution >= 4 is 17.7 Å². The van der Waals surface area contributed by atoms with Crippen molar-refractivity contribution in [1.29, 1.82) is 0 Å². The SMILES string of the molecule is CNC(=O)c1cc(Cc2ccc(OC(=O)O)c([N+](=O)[O-])c2)on1. The maximum absolute atomic E-state index is 11.4. The van der Waals surface area contributed by atoms with E-state index in [1.165, 1.54) is 31.3 Å². The van der Waals surface area contributed by atoms with E-state index in [0.717, 1.165) is 0 Å². The topological polar surface area (TPSA) is 145 Å². The van der Waals surface area contributed by atoms with Gasteiger partial charge < -0.3 is 19.7 Å². The van der Waals surface area contributed by atoms with Gasteiger partial charge >= 0.3 is 11.8 Å². The molecule has 0 saturated carbocycles. The van der Waals surface area contributed by atoms with E-state index in [2.05, 4.69) is 15.2 Å². The van der Waals surface area contributed by atoms with Crippen molar-refractivity contribution in [3.8, 4) is 5.75 Å². The Hall–Kier alpha value is -3.43. The van der Waals surface area contributed by atoms with Crippen molar-refractivity contribution < 1.29 is 28.9 Å². The van der Waals surface area contributed by atoms with Gasteiger partial charge in [0.05, 0.1) is 4.92 Å². The molecule has 0 saturated heterocycles. The predicted molar refractivity (Wildman–Crippen MR) is 74.4 cm³/mol. The summed E-state index contributed by atoms with van der Waals surface area (Å²) in [6.45, 7) is 0. The Balaban J connectivity index is 2.25. The fourth-order valence-corrected chi connectivity index (χ4v) is 1.83. The average molecular weight is 321 g/mol. The smallest absolute Gasteiger partial charge is 0.449 e. The van der Waals surface area contributed by atoms with Crippen LogP contribution in [0.3, 0.4) is 0 Å². The number of carbonyl (C=O) groups excluding carboxylic acids is 1. The number of nitro benzene ring substituents is 1. The Kier molecular flexibility index (Phi) is 4.55. The molecule has 2 rings (SSSR count). The lowest BCUT2D eigenvalue weighted by atomic mass is 10.1. The summed E-state index contributed by atoms with van der Waals surface area (Å²) in [5, 5.41) is 25.5. The van der Waals surface area contributed by atoms with E-state index in [-0.39, 0.29) is 17.9 Å². The van der Waals surface area contributed by atoms with Crippen LogP contribution in [0.25, 0.3) is 0 Å². The van der Waals surface area contributed by atoms with Crippen molar-refractivity contribution in [2.75, 3.05) is 7.05 Å². The van der Waals surface area contributed by atoms with Crippen LogP contribution in [0.2, 0.25) is 0 Å². The first kappa shape index (κ1) is 15.9. The third-order valence-corrected chi connectivity index (χ3v) is 2.81. The number of hydrogen-bond donors (Lipinski definition) is 2. The van der Waals surface area contributed by atoms with Crippen LogP contribution >= 0.6 is 0 Å². The number of nitro groups is 1. The van der Waals surface area contributed by atoms with Gasteiger partial charge in [-0.3, -0.25) is 14.9 Å². The van der Waals surface area contributed by atoms with E-state index < -0.39 is 22.7 Å². The first-order valence-corrected chi connectivity index (χ1v) is 6.26. The molecule has 1 aromatic carbocycles. The Morgan fingerprint density at radius 1 is 1.43 bits per heavy atom. The van der Waals surface area contributed by atoms with Gasteiger partial charge in [-0.05, 0) is 11.6 Å². The molecule has 1 heterocycles. The van der Waals surface area contributed by atoms with Crippen LogP contribution in [0, 0.1) is 10.1 Å². The van der Waals surface area contributed by atoms with E-state index in [1.54, 1.807) is 0 Å². The molecule has 0 atom stereocenters. The number of ether oxygens (including phenoxy) is 1. The summed E-state index contributed by atoms with van der Waals surface area (Å²) in [4.78, 5) is 32.1. The molecule has 1 aromatic heterocycles. The second kappa shape index (κ2) is 6.56. The minimum absolute atomic E-state index is 0.0860. The second-order valence-corrected chi connectivity index (χ2v) is 4.36. The Bertz CT molecular complexity index is 769. The second-order valence-electron chi connectivity index (χ2n) is 4.36. The number of benzene rings is 1. The molecule has 0 bridgehead atoms. The molecule has 2 N–H and O–H groups in total. The van der Waals surface area contributed by atoms with Crippen molar-refractivity contribution in [1.82, 2.24) is 10.5 Å². The number of nitrogens with zero attached hydrogens (tertiary/aromatic N) is 2. The van der Waals surface area contributed by atoms with Gasteiger partial charge in [0.1, 0.15) is 5.76 Å². The monoisotopic (exact) mass is 321 g/mol. The summed E-state index contributed by atoms with van der Waals surface area (Å²) in [6, 6.07) is 5.21. The largest absolute Gasteiger partial charge is 0.511 e. The Labute approximate surface area is 128 Å². The standard InChI is InChI=1S/C13H11N3O7/c1-14-12(17)9-6-8(23-15-9)4-7-2-3-11(22-13(18)19)10(5-7)16(20)21/h2-3,5-6H,4H2,1H3,(H,14,17)(H,18,19). The highest BCUT2D eigenvalue weighted by Crippen LogP contribution is 2.29. The number of rotatable bonds is 5. The quantitative estimate of drug-likeness (QED) is 0.365. The van der Waals surface area contributed by atoms with Gasteiger partial charge in [0.15, 0.2) is 5.69 Å². The molecule has 0 spiro atoms. The summed E-state index contributed by atoms with van der Waals surface area (Å²) in [7, 11) is 1.45. The molecule has 23 heavy (non-hydrogen) atoms. The van der Waals surface area contributed by atoms with Crippen LogP contribution in [0.15, 0.2) is 28.8 Å². The van der Waals surface area contributed by atoms with Gasteiger partial charge in [0.2, 0.25) is 5.75 Å². The molecule has 10 nitrogen and oxygen atoms in total.